The van der Waals surface area contributed by atoms with Crippen molar-refractivity contribution >= 4 is 28.9 Å². The molecule has 0 unspecified atom stereocenters. The maximum atomic E-state index is 13.0. The van der Waals surface area contributed by atoms with E-state index in [1.165, 1.54) is 18.2 Å². The second-order valence-electron chi connectivity index (χ2n) is 4.15. The third-order valence-corrected chi connectivity index (χ3v) is 3.03. The Bertz CT molecular complexity index is 643. The van der Waals surface area contributed by atoms with Gasteiger partial charge in [0, 0.05) is 11.3 Å². The van der Waals surface area contributed by atoms with Crippen LogP contribution < -0.4 is 11.1 Å². The minimum atomic E-state index is -0.371. The maximum absolute atomic E-state index is 13.0. The molecule has 3 N–H and O–H groups in total. The Morgan fingerprint density at radius 3 is 2.63 bits per heavy atom. The molecular weight excluding hydrogens is 267 g/mol. The molecule has 0 saturated carbocycles. The number of nitrogens with one attached hydrogen (secondary N) is 1. The first-order valence-electron chi connectivity index (χ1n) is 5.60. The lowest BCUT2D eigenvalue weighted by atomic mass is 10.1. The summed E-state index contributed by atoms with van der Waals surface area (Å²) < 4.78 is 13.0. The first-order valence-corrected chi connectivity index (χ1v) is 5.97. The van der Waals surface area contributed by atoms with Gasteiger partial charge >= 0.3 is 0 Å². The second-order valence-corrected chi connectivity index (χ2v) is 4.56. The summed E-state index contributed by atoms with van der Waals surface area (Å²) in [5.41, 5.74) is 7.56. The van der Waals surface area contributed by atoms with Crippen molar-refractivity contribution in [1.29, 1.82) is 0 Å². The van der Waals surface area contributed by atoms with Crippen LogP contribution in [0.25, 0.3) is 0 Å². The number of nitrogens with two attached hydrogens (primary N) is 1. The fourth-order valence-corrected chi connectivity index (χ4v) is 1.82. The molecule has 0 radical (unpaired) electrons. The predicted molar refractivity (Wildman–Crippen MR) is 75.0 cm³/mol. The van der Waals surface area contributed by atoms with Crippen LogP contribution in [0, 0.1) is 12.7 Å². The normalized spacial score (nSPS) is 10.3. The summed E-state index contributed by atoms with van der Waals surface area (Å²) >= 11 is 5.80. The average molecular weight is 279 g/mol. The third kappa shape index (κ3) is 3.03. The van der Waals surface area contributed by atoms with E-state index in [1.807, 2.05) is 0 Å². The smallest absolute Gasteiger partial charge is 0.255 e. The summed E-state index contributed by atoms with van der Waals surface area (Å²) in [6, 6.07) is 8.82. The lowest BCUT2D eigenvalue weighted by Crippen LogP contribution is -2.13. The van der Waals surface area contributed by atoms with E-state index < -0.39 is 0 Å². The lowest BCUT2D eigenvalue weighted by Gasteiger charge is -2.09. The van der Waals surface area contributed by atoms with Crippen molar-refractivity contribution < 1.29 is 9.18 Å². The zero-order valence-corrected chi connectivity index (χ0v) is 11.0. The van der Waals surface area contributed by atoms with Gasteiger partial charge in [-0.3, -0.25) is 4.79 Å². The highest BCUT2D eigenvalue weighted by molar-refractivity contribution is 6.33. The van der Waals surface area contributed by atoms with Gasteiger partial charge in [-0.05, 0) is 48.9 Å². The molecule has 1 amide bonds. The van der Waals surface area contributed by atoms with Gasteiger partial charge < -0.3 is 11.1 Å². The Balaban J connectivity index is 2.23. The summed E-state index contributed by atoms with van der Waals surface area (Å²) in [6.07, 6.45) is 0. The molecule has 0 aliphatic heterocycles. The Labute approximate surface area is 115 Å². The Kier molecular flexibility index (Phi) is 3.71. The van der Waals surface area contributed by atoms with Crippen LogP contribution >= 0.6 is 11.6 Å². The monoisotopic (exact) mass is 278 g/mol. The van der Waals surface area contributed by atoms with Crippen molar-refractivity contribution in [3.8, 4) is 0 Å². The Hall–Kier alpha value is -2.07. The van der Waals surface area contributed by atoms with Crippen molar-refractivity contribution in [1.82, 2.24) is 0 Å². The first-order chi connectivity index (χ1) is 8.97. The quantitative estimate of drug-likeness (QED) is 0.824. The van der Waals surface area contributed by atoms with E-state index in [4.69, 9.17) is 17.3 Å². The van der Waals surface area contributed by atoms with E-state index in [-0.39, 0.29) is 11.7 Å². The van der Waals surface area contributed by atoms with Crippen LogP contribution in [-0.4, -0.2) is 5.91 Å². The van der Waals surface area contributed by atoms with Gasteiger partial charge in [0.15, 0.2) is 0 Å². The van der Waals surface area contributed by atoms with Crippen LogP contribution in [0.5, 0.6) is 0 Å². The molecule has 2 aromatic rings. The number of hydrogen-bond donors (Lipinski definition) is 2. The van der Waals surface area contributed by atoms with Gasteiger partial charge in [-0.1, -0.05) is 11.6 Å². The van der Waals surface area contributed by atoms with E-state index in [1.54, 1.807) is 25.1 Å². The van der Waals surface area contributed by atoms with Crippen LogP contribution in [0.4, 0.5) is 15.8 Å². The summed E-state index contributed by atoms with van der Waals surface area (Å²) in [6.45, 7) is 1.67. The topological polar surface area (TPSA) is 55.1 Å². The molecule has 0 saturated heterocycles. The number of carbonyl (C=O) groups excluding carboxylic acids is 1. The highest BCUT2D eigenvalue weighted by Crippen LogP contribution is 2.23. The SMILES string of the molecule is Cc1cc(F)ccc1C(=O)Nc1ccc(Cl)c(N)c1. The van der Waals surface area contributed by atoms with Crippen molar-refractivity contribution in [2.24, 2.45) is 0 Å². The van der Waals surface area contributed by atoms with E-state index >= 15 is 0 Å². The number of hydrogen-bond acceptors (Lipinski definition) is 2. The highest BCUT2D eigenvalue weighted by atomic mass is 35.5. The lowest BCUT2D eigenvalue weighted by molar-refractivity contribution is 0.102. The van der Waals surface area contributed by atoms with Crippen LogP contribution in [0.15, 0.2) is 36.4 Å². The Morgan fingerprint density at radius 1 is 1.26 bits per heavy atom. The molecule has 0 aliphatic carbocycles. The van der Waals surface area contributed by atoms with E-state index in [0.29, 0.717) is 27.5 Å². The standard InChI is InChI=1S/C14H12ClFN2O/c1-8-6-9(16)2-4-11(8)14(19)18-10-3-5-12(15)13(17)7-10/h2-7H,17H2,1H3,(H,18,19). The molecule has 19 heavy (non-hydrogen) atoms. The minimum absolute atomic E-state index is 0.320. The summed E-state index contributed by atoms with van der Waals surface area (Å²) in [5, 5.41) is 3.11. The zero-order valence-electron chi connectivity index (χ0n) is 10.2. The molecule has 0 bridgehead atoms. The number of aryl methyl sites for hydroxylation is 1. The predicted octanol–water partition coefficient (Wildman–Crippen LogP) is 3.62. The number of benzene rings is 2. The highest BCUT2D eigenvalue weighted by Gasteiger charge is 2.10. The van der Waals surface area contributed by atoms with Gasteiger partial charge in [-0.25, -0.2) is 4.39 Å². The van der Waals surface area contributed by atoms with Gasteiger partial charge in [0.2, 0.25) is 0 Å². The van der Waals surface area contributed by atoms with Gasteiger partial charge in [0.25, 0.3) is 5.91 Å². The molecule has 0 fully saturated rings. The van der Waals surface area contributed by atoms with E-state index in [0.717, 1.165) is 0 Å². The number of halogens is 2. The van der Waals surface area contributed by atoms with Crippen molar-refractivity contribution in [3.05, 3.63) is 58.4 Å². The molecule has 3 nitrogen and oxygen atoms in total. The van der Waals surface area contributed by atoms with E-state index in [9.17, 15) is 9.18 Å². The number of amides is 1. The first kappa shape index (κ1) is 13.4. The molecule has 2 rings (SSSR count). The number of carbonyl (C=O) groups is 1. The van der Waals surface area contributed by atoms with Crippen LogP contribution in [0.1, 0.15) is 15.9 Å². The Morgan fingerprint density at radius 2 is 2.00 bits per heavy atom. The van der Waals surface area contributed by atoms with Gasteiger partial charge in [0.05, 0.1) is 10.7 Å². The largest absolute Gasteiger partial charge is 0.397 e. The molecule has 98 valence electrons. The second kappa shape index (κ2) is 5.28. The average Bonchev–Trinajstić information content (AvgIpc) is 2.33. The van der Waals surface area contributed by atoms with E-state index in [2.05, 4.69) is 5.32 Å². The molecule has 0 spiro atoms. The van der Waals surface area contributed by atoms with Gasteiger partial charge in [-0.2, -0.15) is 0 Å². The molecule has 5 heteroatoms. The molecule has 2 aromatic carbocycles. The summed E-state index contributed by atoms with van der Waals surface area (Å²) in [7, 11) is 0. The van der Waals surface area contributed by atoms with Crippen molar-refractivity contribution in [2.75, 3.05) is 11.1 Å². The fraction of sp³-hybridized carbons (Fsp3) is 0.0714. The molecule has 0 atom stereocenters. The molecular formula is C14H12ClFN2O. The molecule has 0 heterocycles. The van der Waals surface area contributed by atoms with Crippen LogP contribution in [0.3, 0.4) is 0 Å². The van der Waals surface area contributed by atoms with Gasteiger partial charge in [-0.15, -0.1) is 0 Å². The van der Waals surface area contributed by atoms with Crippen molar-refractivity contribution in [2.45, 2.75) is 6.92 Å². The molecule has 0 aliphatic rings. The summed E-state index contributed by atoms with van der Waals surface area (Å²) in [4.78, 5) is 12.0. The van der Waals surface area contributed by atoms with Crippen LogP contribution in [-0.2, 0) is 0 Å². The molecule has 0 aromatic heterocycles. The minimum Gasteiger partial charge on any atom is -0.397 e. The maximum Gasteiger partial charge on any atom is 0.255 e. The van der Waals surface area contributed by atoms with Crippen molar-refractivity contribution in [3.63, 3.8) is 0 Å². The summed E-state index contributed by atoms with van der Waals surface area (Å²) in [5.74, 6) is -0.691. The number of rotatable bonds is 2. The number of anilines is 2. The fourth-order valence-electron chi connectivity index (χ4n) is 1.70. The van der Waals surface area contributed by atoms with Gasteiger partial charge in [0.1, 0.15) is 5.82 Å². The zero-order chi connectivity index (χ0) is 14.0. The third-order valence-electron chi connectivity index (χ3n) is 2.69. The number of nitrogen functional groups attached to an aromatic ring is 1. The van der Waals surface area contributed by atoms with Crippen LogP contribution in [0.2, 0.25) is 5.02 Å².